The van der Waals surface area contributed by atoms with Gasteiger partial charge in [0.05, 0.1) is 12.2 Å². The van der Waals surface area contributed by atoms with Gasteiger partial charge in [0.25, 0.3) is 0 Å². The van der Waals surface area contributed by atoms with Crippen LogP contribution in [0.3, 0.4) is 0 Å². The molecule has 2 aromatic rings. The minimum absolute atomic E-state index is 0. The molecule has 0 saturated carbocycles. The zero-order valence-corrected chi connectivity index (χ0v) is 19.0. The van der Waals surface area contributed by atoms with Gasteiger partial charge in [-0.3, -0.25) is 0 Å². The second-order valence-electron chi connectivity index (χ2n) is 6.14. The van der Waals surface area contributed by atoms with E-state index in [1.54, 1.807) is 7.11 Å². The van der Waals surface area contributed by atoms with E-state index >= 15 is 0 Å². The summed E-state index contributed by atoms with van der Waals surface area (Å²) >= 11 is 1.42. The van der Waals surface area contributed by atoms with Crippen LogP contribution < -0.4 is 9.64 Å². The molecule has 2 heterocycles. The fourth-order valence-electron chi connectivity index (χ4n) is 2.97. The first-order valence-electron chi connectivity index (χ1n) is 9.00. The van der Waals surface area contributed by atoms with Gasteiger partial charge < -0.3 is 21.3 Å². The quantitative estimate of drug-likeness (QED) is 0.242. The molecule has 0 bridgehead atoms. The molecule has 0 atom stereocenters. The zero-order valence-electron chi connectivity index (χ0n) is 16.2. The smallest absolute Gasteiger partial charge is 0.148 e. The average molecular weight is 489 g/mol. The van der Waals surface area contributed by atoms with Crippen LogP contribution in [0, 0.1) is 29.6 Å². The van der Waals surface area contributed by atoms with Gasteiger partial charge in [-0.15, -0.1) is 17.5 Å². The summed E-state index contributed by atoms with van der Waals surface area (Å²) in [7, 11) is 1.62. The molecule has 8 heteroatoms. The molecular formula is C21H21MoN4O2S-. The summed E-state index contributed by atoms with van der Waals surface area (Å²) in [5.41, 5.74) is 2.28. The summed E-state index contributed by atoms with van der Waals surface area (Å²) in [5, 5.41) is 20.3. The molecular weight excluding hydrogens is 468 g/mol. The van der Waals surface area contributed by atoms with Gasteiger partial charge in [0, 0.05) is 46.8 Å². The number of rotatable bonds is 8. The SMILES string of the molecule is [CH2-]CSc1nc(N2CCC2)c(C#N)c(-c2ccc(OCCOC)cc2)c1C#N.[Mo]. The van der Waals surface area contributed by atoms with Crippen LogP contribution in [-0.4, -0.2) is 44.1 Å². The second-order valence-corrected chi connectivity index (χ2v) is 7.23. The number of nitrogens with zero attached hydrogens (tertiary/aromatic N) is 4. The van der Waals surface area contributed by atoms with E-state index in [1.807, 2.05) is 24.3 Å². The summed E-state index contributed by atoms with van der Waals surface area (Å²) in [6.07, 6.45) is 1.08. The monoisotopic (exact) mass is 491 g/mol. The van der Waals surface area contributed by atoms with Crippen molar-refractivity contribution in [1.82, 2.24) is 4.98 Å². The maximum absolute atomic E-state index is 9.88. The summed E-state index contributed by atoms with van der Waals surface area (Å²) in [4.78, 5) is 6.73. The summed E-state index contributed by atoms with van der Waals surface area (Å²) in [6.45, 7) is 6.57. The van der Waals surface area contributed by atoms with Crippen LogP contribution in [0.1, 0.15) is 17.5 Å². The molecule has 1 saturated heterocycles. The molecule has 0 unspecified atom stereocenters. The summed E-state index contributed by atoms with van der Waals surface area (Å²) in [6, 6.07) is 12.0. The van der Waals surface area contributed by atoms with Gasteiger partial charge in [-0.2, -0.15) is 10.5 Å². The van der Waals surface area contributed by atoms with Crippen molar-refractivity contribution >= 4 is 17.6 Å². The van der Waals surface area contributed by atoms with Crippen molar-refractivity contribution in [3.8, 4) is 29.0 Å². The third-order valence-corrected chi connectivity index (χ3v) is 5.24. The van der Waals surface area contributed by atoms with Crippen molar-refractivity contribution in [2.45, 2.75) is 11.4 Å². The van der Waals surface area contributed by atoms with Crippen LogP contribution in [0.15, 0.2) is 29.3 Å². The van der Waals surface area contributed by atoms with E-state index in [-0.39, 0.29) is 21.1 Å². The van der Waals surface area contributed by atoms with Crippen molar-refractivity contribution in [3.63, 3.8) is 0 Å². The van der Waals surface area contributed by atoms with Crippen LogP contribution in [0.2, 0.25) is 0 Å². The Morgan fingerprint density at radius 1 is 1.14 bits per heavy atom. The largest absolute Gasteiger partial charge is 0.491 e. The molecule has 0 spiro atoms. The minimum Gasteiger partial charge on any atom is -0.491 e. The molecule has 1 aromatic carbocycles. The molecule has 6 nitrogen and oxygen atoms in total. The number of aromatic nitrogens is 1. The number of nitriles is 2. The number of hydrogen-bond acceptors (Lipinski definition) is 7. The van der Waals surface area contributed by atoms with Crippen LogP contribution in [0.25, 0.3) is 11.1 Å². The molecule has 29 heavy (non-hydrogen) atoms. The third kappa shape index (κ3) is 5.11. The Morgan fingerprint density at radius 3 is 2.34 bits per heavy atom. The van der Waals surface area contributed by atoms with Gasteiger partial charge in [0.1, 0.15) is 40.9 Å². The van der Waals surface area contributed by atoms with Crippen LogP contribution in [-0.2, 0) is 25.8 Å². The predicted octanol–water partition coefficient (Wildman–Crippen LogP) is 3.65. The number of thioether (sulfide) groups is 1. The molecule has 1 aliphatic rings. The molecule has 1 aromatic heterocycles. The van der Waals surface area contributed by atoms with E-state index in [4.69, 9.17) is 9.47 Å². The number of methoxy groups -OCH3 is 1. The van der Waals surface area contributed by atoms with Crippen LogP contribution >= 0.6 is 11.8 Å². The van der Waals surface area contributed by atoms with Gasteiger partial charge >= 0.3 is 0 Å². The average Bonchev–Trinajstić information content (AvgIpc) is 2.67. The molecule has 0 aliphatic carbocycles. The standard InChI is InChI=1S/C21H21N4O2S.Mo/c1-3-28-21-18(14-23)19(17(13-22)20(24-21)25-9-4-10-25)15-5-7-16(8-6-15)27-12-11-26-2;/h5-8H,1,3-4,9-12H2,2H3;/q-1;. The fraction of sp³-hybridized carbons (Fsp3) is 0.333. The Kier molecular flexibility index (Phi) is 8.98. The van der Waals surface area contributed by atoms with Crippen molar-refractivity contribution in [1.29, 1.82) is 10.5 Å². The first kappa shape index (κ1) is 23.2. The predicted molar refractivity (Wildman–Crippen MR) is 109 cm³/mol. The fourth-order valence-corrected chi connectivity index (χ4v) is 3.61. The molecule has 0 amide bonds. The normalized spacial score (nSPS) is 12.3. The van der Waals surface area contributed by atoms with E-state index in [9.17, 15) is 10.5 Å². The maximum atomic E-state index is 9.88. The second kappa shape index (κ2) is 11.2. The van der Waals surface area contributed by atoms with Gasteiger partial charge in [0.2, 0.25) is 0 Å². The molecule has 0 N–H and O–H groups in total. The Morgan fingerprint density at radius 2 is 1.83 bits per heavy atom. The Bertz CT molecular complexity index is 918. The number of ether oxygens (including phenoxy) is 2. The molecule has 3 rings (SSSR count). The van der Waals surface area contributed by atoms with E-state index < -0.39 is 0 Å². The summed E-state index contributed by atoms with van der Waals surface area (Å²) < 4.78 is 10.6. The van der Waals surface area contributed by atoms with Crippen molar-refractivity contribution in [2.75, 3.05) is 44.1 Å². The molecule has 1 aliphatic heterocycles. The first-order valence-corrected chi connectivity index (χ1v) is 9.99. The van der Waals surface area contributed by atoms with Crippen molar-refractivity contribution < 1.29 is 30.5 Å². The third-order valence-electron chi connectivity index (χ3n) is 4.46. The van der Waals surface area contributed by atoms with E-state index in [0.717, 1.165) is 25.1 Å². The zero-order chi connectivity index (χ0) is 19.9. The van der Waals surface area contributed by atoms with Crippen LogP contribution in [0.4, 0.5) is 5.82 Å². The van der Waals surface area contributed by atoms with Gasteiger partial charge in [-0.05, 0) is 24.1 Å². The first-order chi connectivity index (χ1) is 13.7. The topological polar surface area (TPSA) is 82.2 Å². The van der Waals surface area contributed by atoms with Crippen molar-refractivity contribution in [3.05, 3.63) is 42.3 Å². The van der Waals surface area contributed by atoms with E-state index in [2.05, 4.69) is 28.9 Å². The maximum Gasteiger partial charge on any atom is 0.148 e. The summed E-state index contributed by atoms with van der Waals surface area (Å²) in [5.74, 6) is 1.92. The van der Waals surface area contributed by atoms with E-state index in [1.165, 1.54) is 11.8 Å². The number of hydrogen-bond donors (Lipinski definition) is 0. The Balaban J connectivity index is 0.00000300. The van der Waals surface area contributed by atoms with Crippen LogP contribution in [0.5, 0.6) is 5.75 Å². The minimum atomic E-state index is 0. The number of benzene rings is 1. The molecule has 0 radical (unpaired) electrons. The number of pyridine rings is 1. The van der Waals surface area contributed by atoms with E-state index in [0.29, 0.717) is 52.3 Å². The van der Waals surface area contributed by atoms with Crippen molar-refractivity contribution in [2.24, 2.45) is 0 Å². The van der Waals surface area contributed by atoms with Gasteiger partial charge in [0.15, 0.2) is 0 Å². The molecule has 1 fully saturated rings. The Labute approximate surface area is 190 Å². The molecule has 150 valence electrons. The number of anilines is 1. The Hall–Kier alpha value is -2.05. The van der Waals surface area contributed by atoms with Gasteiger partial charge in [-0.1, -0.05) is 12.1 Å². The van der Waals surface area contributed by atoms with Gasteiger partial charge in [-0.25, -0.2) is 4.98 Å².